The Kier molecular flexibility index (Phi) is 4.49. The minimum Gasteiger partial charge on any atom is -0.480 e. The molecule has 2 rings (SSSR count). The monoisotopic (exact) mass is 268 g/mol. The highest BCUT2D eigenvalue weighted by molar-refractivity contribution is 5.69. The molecule has 1 fully saturated rings. The van der Waals surface area contributed by atoms with E-state index in [0.29, 0.717) is 30.7 Å². The molecule has 1 heterocycles. The largest absolute Gasteiger partial charge is 0.480 e. The lowest BCUT2D eigenvalue weighted by Gasteiger charge is -2.20. The Balaban J connectivity index is 1.90. The van der Waals surface area contributed by atoms with Crippen LogP contribution in [-0.2, 0) is 11.3 Å². The van der Waals surface area contributed by atoms with Crippen LogP contribution < -0.4 is 0 Å². The summed E-state index contributed by atoms with van der Waals surface area (Å²) >= 11 is 0. The molecule has 1 aromatic rings. The molecule has 1 aromatic heterocycles. The van der Waals surface area contributed by atoms with E-state index in [1.54, 1.807) is 0 Å². The number of carboxylic acids is 1. The van der Waals surface area contributed by atoms with E-state index in [2.05, 4.69) is 10.1 Å². The summed E-state index contributed by atoms with van der Waals surface area (Å²) in [5, 5.41) is 12.8. The highest BCUT2D eigenvalue weighted by Crippen LogP contribution is 2.38. The number of likely N-dealkylation sites (N-methyl/N-ethyl adjacent to an activating group) is 1. The number of aliphatic carboxylic acids is 1. The molecule has 7 nitrogen and oxygen atoms in total. The fraction of sp³-hybridized carbons (Fsp3) is 0.750. The van der Waals surface area contributed by atoms with Crippen molar-refractivity contribution < 1.29 is 14.4 Å². The van der Waals surface area contributed by atoms with E-state index in [1.165, 1.54) is 0 Å². The van der Waals surface area contributed by atoms with Crippen LogP contribution in [0, 0.1) is 0 Å². The lowest BCUT2D eigenvalue weighted by Crippen LogP contribution is -2.35. The van der Waals surface area contributed by atoms with Gasteiger partial charge in [-0.3, -0.25) is 9.69 Å². The molecule has 0 atom stereocenters. The molecule has 0 saturated heterocycles. The van der Waals surface area contributed by atoms with Gasteiger partial charge in [-0.2, -0.15) is 4.98 Å². The van der Waals surface area contributed by atoms with Crippen LogP contribution in [0.2, 0.25) is 0 Å². The van der Waals surface area contributed by atoms with Crippen molar-refractivity contribution in [2.24, 2.45) is 0 Å². The number of aromatic nitrogens is 2. The van der Waals surface area contributed by atoms with Crippen molar-refractivity contribution in [3.05, 3.63) is 11.7 Å². The molecule has 0 unspecified atom stereocenters. The molecular weight excluding hydrogens is 248 g/mol. The predicted octanol–water partition coefficient (Wildman–Crippen LogP) is 0.395. The van der Waals surface area contributed by atoms with Crippen LogP contribution in [0.4, 0.5) is 0 Å². The van der Waals surface area contributed by atoms with E-state index < -0.39 is 5.97 Å². The normalized spacial score (nSPS) is 15.4. The molecule has 1 N–H and O–H groups in total. The van der Waals surface area contributed by atoms with Gasteiger partial charge in [0, 0.05) is 19.0 Å². The van der Waals surface area contributed by atoms with Gasteiger partial charge in [-0.15, -0.1) is 0 Å². The summed E-state index contributed by atoms with van der Waals surface area (Å²) in [6, 6.07) is 0. The van der Waals surface area contributed by atoms with Gasteiger partial charge in [-0.25, -0.2) is 0 Å². The van der Waals surface area contributed by atoms with Crippen molar-refractivity contribution in [2.75, 3.05) is 33.7 Å². The molecule has 0 radical (unpaired) electrons. The Bertz CT molecular complexity index is 428. The van der Waals surface area contributed by atoms with Crippen LogP contribution in [0.3, 0.4) is 0 Å². The lowest BCUT2D eigenvalue weighted by molar-refractivity contribution is -0.138. The molecule has 19 heavy (non-hydrogen) atoms. The minimum absolute atomic E-state index is 0.0128. The van der Waals surface area contributed by atoms with Crippen LogP contribution in [0.5, 0.6) is 0 Å². The van der Waals surface area contributed by atoms with Crippen molar-refractivity contribution in [1.82, 2.24) is 19.9 Å². The minimum atomic E-state index is -0.843. The van der Waals surface area contributed by atoms with Gasteiger partial charge in [0.25, 0.3) is 0 Å². The number of hydrogen-bond acceptors (Lipinski definition) is 6. The van der Waals surface area contributed by atoms with Gasteiger partial charge < -0.3 is 14.5 Å². The maximum atomic E-state index is 10.8. The lowest BCUT2D eigenvalue weighted by atomic mass is 10.4. The summed E-state index contributed by atoms with van der Waals surface area (Å²) in [6.07, 6.45) is 2.22. The first-order chi connectivity index (χ1) is 9.04. The van der Waals surface area contributed by atoms with Crippen molar-refractivity contribution in [1.29, 1.82) is 0 Å². The second kappa shape index (κ2) is 6.12. The van der Waals surface area contributed by atoms with Crippen LogP contribution in [0.1, 0.15) is 30.5 Å². The topological polar surface area (TPSA) is 82.7 Å². The SMILES string of the molecule is CN(C)CCN(CC(=O)O)Cc1noc(C2CC2)n1. The summed E-state index contributed by atoms with van der Waals surface area (Å²) < 4.78 is 5.17. The average Bonchev–Trinajstić information content (AvgIpc) is 3.07. The number of carboxylic acid groups (broad SMARTS) is 1. The third-order valence-corrected chi connectivity index (χ3v) is 3.00. The molecule has 0 aromatic carbocycles. The number of rotatable bonds is 8. The Morgan fingerprint density at radius 1 is 1.42 bits per heavy atom. The first-order valence-corrected chi connectivity index (χ1v) is 6.46. The maximum Gasteiger partial charge on any atom is 0.317 e. The summed E-state index contributed by atoms with van der Waals surface area (Å²) in [5.41, 5.74) is 0. The van der Waals surface area contributed by atoms with E-state index in [0.717, 1.165) is 19.4 Å². The summed E-state index contributed by atoms with van der Waals surface area (Å²) in [4.78, 5) is 19.0. The van der Waals surface area contributed by atoms with Crippen molar-refractivity contribution >= 4 is 5.97 Å². The fourth-order valence-corrected chi connectivity index (χ4v) is 1.77. The molecule has 1 saturated carbocycles. The zero-order chi connectivity index (χ0) is 13.8. The summed E-state index contributed by atoms with van der Waals surface area (Å²) in [7, 11) is 3.91. The van der Waals surface area contributed by atoms with E-state index in [9.17, 15) is 4.79 Å². The Morgan fingerprint density at radius 2 is 2.16 bits per heavy atom. The fourth-order valence-electron chi connectivity index (χ4n) is 1.77. The molecule has 0 amide bonds. The van der Waals surface area contributed by atoms with Crippen molar-refractivity contribution in [3.63, 3.8) is 0 Å². The zero-order valence-corrected chi connectivity index (χ0v) is 11.4. The summed E-state index contributed by atoms with van der Waals surface area (Å²) in [6.45, 7) is 1.85. The second-order valence-electron chi connectivity index (χ2n) is 5.23. The molecular formula is C12H20N4O3. The van der Waals surface area contributed by atoms with Gasteiger partial charge in [-0.05, 0) is 26.9 Å². The quantitative estimate of drug-likeness (QED) is 0.730. The number of carbonyl (C=O) groups is 1. The van der Waals surface area contributed by atoms with E-state index in [1.807, 2.05) is 23.9 Å². The van der Waals surface area contributed by atoms with Gasteiger partial charge in [0.1, 0.15) is 0 Å². The predicted molar refractivity (Wildman–Crippen MR) is 67.7 cm³/mol. The second-order valence-corrected chi connectivity index (χ2v) is 5.23. The van der Waals surface area contributed by atoms with Gasteiger partial charge in [0.05, 0.1) is 13.1 Å². The highest BCUT2D eigenvalue weighted by Gasteiger charge is 2.29. The molecule has 0 spiro atoms. The highest BCUT2D eigenvalue weighted by atomic mass is 16.5. The van der Waals surface area contributed by atoms with Gasteiger partial charge in [0.15, 0.2) is 5.82 Å². The van der Waals surface area contributed by atoms with E-state index in [4.69, 9.17) is 9.63 Å². The molecule has 0 bridgehead atoms. The standard InChI is InChI=1S/C12H20N4O3/c1-15(2)5-6-16(8-11(17)18)7-10-13-12(19-14-10)9-3-4-9/h9H,3-8H2,1-2H3,(H,17,18). The Morgan fingerprint density at radius 3 is 2.74 bits per heavy atom. The number of nitrogens with zero attached hydrogens (tertiary/aromatic N) is 4. The van der Waals surface area contributed by atoms with Crippen molar-refractivity contribution in [2.45, 2.75) is 25.3 Å². The Labute approximate surface area is 112 Å². The Hall–Kier alpha value is -1.47. The third-order valence-electron chi connectivity index (χ3n) is 3.00. The summed E-state index contributed by atoms with van der Waals surface area (Å²) in [5.74, 6) is 0.848. The molecule has 106 valence electrons. The zero-order valence-electron chi connectivity index (χ0n) is 11.4. The van der Waals surface area contributed by atoms with Crippen LogP contribution >= 0.6 is 0 Å². The smallest absolute Gasteiger partial charge is 0.317 e. The molecule has 1 aliphatic carbocycles. The van der Waals surface area contributed by atoms with Crippen LogP contribution in [-0.4, -0.2) is 64.7 Å². The first-order valence-electron chi connectivity index (χ1n) is 6.46. The van der Waals surface area contributed by atoms with Crippen LogP contribution in [0.25, 0.3) is 0 Å². The van der Waals surface area contributed by atoms with Gasteiger partial charge in [0.2, 0.25) is 5.89 Å². The van der Waals surface area contributed by atoms with E-state index in [-0.39, 0.29) is 6.54 Å². The molecule has 1 aliphatic rings. The van der Waals surface area contributed by atoms with Gasteiger partial charge in [-0.1, -0.05) is 5.16 Å². The van der Waals surface area contributed by atoms with Gasteiger partial charge >= 0.3 is 5.97 Å². The maximum absolute atomic E-state index is 10.8. The number of hydrogen-bond donors (Lipinski definition) is 1. The average molecular weight is 268 g/mol. The third kappa shape index (κ3) is 4.60. The molecule has 0 aliphatic heterocycles. The van der Waals surface area contributed by atoms with E-state index >= 15 is 0 Å². The first kappa shape index (κ1) is 14.0. The van der Waals surface area contributed by atoms with Crippen LogP contribution in [0.15, 0.2) is 4.52 Å². The molecule has 7 heteroatoms. The van der Waals surface area contributed by atoms with Crippen molar-refractivity contribution in [3.8, 4) is 0 Å².